The van der Waals surface area contributed by atoms with Crippen LogP contribution in [0.4, 0.5) is 4.79 Å². The number of hydrogen-bond acceptors (Lipinski definition) is 3. The van der Waals surface area contributed by atoms with Crippen LogP contribution in [0.25, 0.3) is 11.1 Å². The lowest BCUT2D eigenvalue weighted by Crippen LogP contribution is -2.62. The Kier molecular flexibility index (Phi) is 3.54. The lowest BCUT2D eigenvalue weighted by molar-refractivity contribution is 0.0267. The Morgan fingerprint density at radius 1 is 1.27 bits per heavy atom. The molecule has 4 nitrogen and oxygen atoms in total. The molecule has 0 spiro atoms. The van der Waals surface area contributed by atoms with E-state index in [-0.39, 0.29) is 12.1 Å². The van der Waals surface area contributed by atoms with Gasteiger partial charge in [0.15, 0.2) is 0 Å². The zero-order valence-electron chi connectivity index (χ0n) is 12.7. The van der Waals surface area contributed by atoms with E-state index in [0.717, 1.165) is 5.56 Å². The van der Waals surface area contributed by atoms with E-state index < -0.39 is 0 Å². The fourth-order valence-electron chi connectivity index (χ4n) is 3.88. The number of carbonyl (C=O) groups is 1. The minimum Gasteiger partial charge on any atom is -0.333 e. The molecular weight excluding hydrogens is 294 g/mol. The van der Waals surface area contributed by atoms with Gasteiger partial charge < -0.3 is 5.32 Å². The number of aromatic nitrogens is 1. The molecule has 0 aromatic carbocycles. The zero-order valence-corrected chi connectivity index (χ0v) is 13.6. The summed E-state index contributed by atoms with van der Waals surface area (Å²) in [6.45, 7) is 4.61. The summed E-state index contributed by atoms with van der Waals surface area (Å²) in [7, 11) is 0. The third-order valence-corrected chi connectivity index (χ3v) is 5.93. The van der Waals surface area contributed by atoms with Crippen molar-refractivity contribution in [2.45, 2.75) is 31.8 Å². The second-order valence-electron chi connectivity index (χ2n) is 6.41. The molecule has 0 unspecified atom stereocenters. The molecule has 3 saturated heterocycles. The number of hydrogen-bond donors (Lipinski definition) is 1. The molecule has 5 rings (SSSR count). The van der Waals surface area contributed by atoms with Gasteiger partial charge in [0, 0.05) is 30.0 Å². The van der Waals surface area contributed by atoms with Gasteiger partial charge in [0.25, 0.3) is 0 Å². The minimum absolute atomic E-state index is 0.00733. The first-order chi connectivity index (χ1) is 10.7. The average Bonchev–Trinajstić information content (AvgIpc) is 3.21. The van der Waals surface area contributed by atoms with Gasteiger partial charge in [-0.1, -0.05) is 0 Å². The topological polar surface area (TPSA) is 37.3 Å². The molecule has 1 N–H and O–H groups in total. The number of piperidine rings is 3. The van der Waals surface area contributed by atoms with Crippen LogP contribution in [-0.4, -0.2) is 40.7 Å². The smallest absolute Gasteiger partial charge is 0.325 e. The Bertz CT molecular complexity index is 653. The summed E-state index contributed by atoms with van der Waals surface area (Å²) >= 11 is 1.67. The lowest BCUT2D eigenvalue weighted by Gasteiger charge is -2.49. The van der Waals surface area contributed by atoms with Gasteiger partial charge in [-0.05, 0) is 67.2 Å². The standard InChI is InChI=1S/C17H21N3OS/c1-12-16(13-2-6-19(12)7-3-13)18-17(21)20-8-4-14(10-20)15-5-9-22-11-15/h4-5,8-13,16H,2-3,6-7H2,1H3,(H,18,21)/t12-,16-/m0/s1. The predicted molar refractivity (Wildman–Crippen MR) is 89.2 cm³/mol. The first-order valence-electron chi connectivity index (χ1n) is 7.98. The molecule has 1 amide bonds. The molecule has 116 valence electrons. The van der Waals surface area contributed by atoms with Crippen LogP contribution in [-0.2, 0) is 0 Å². The van der Waals surface area contributed by atoms with E-state index in [4.69, 9.17) is 0 Å². The fraction of sp³-hybridized carbons (Fsp3) is 0.471. The molecular formula is C17H21N3OS. The highest BCUT2D eigenvalue weighted by Gasteiger charge is 2.40. The maximum Gasteiger partial charge on any atom is 0.325 e. The van der Waals surface area contributed by atoms with Gasteiger partial charge in [0.1, 0.15) is 0 Å². The molecule has 2 aromatic heterocycles. The summed E-state index contributed by atoms with van der Waals surface area (Å²) in [5.74, 6) is 0.635. The Hall–Kier alpha value is -1.59. The van der Waals surface area contributed by atoms with Crippen LogP contribution < -0.4 is 5.32 Å². The van der Waals surface area contributed by atoms with E-state index in [1.54, 1.807) is 15.9 Å². The van der Waals surface area contributed by atoms with Gasteiger partial charge in [-0.15, -0.1) is 0 Å². The van der Waals surface area contributed by atoms with E-state index >= 15 is 0 Å². The van der Waals surface area contributed by atoms with Crippen LogP contribution in [0.5, 0.6) is 0 Å². The van der Waals surface area contributed by atoms with E-state index in [1.807, 2.05) is 18.5 Å². The summed E-state index contributed by atoms with van der Waals surface area (Å²) in [6, 6.07) is 4.80. The summed E-state index contributed by atoms with van der Waals surface area (Å²) in [5, 5.41) is 7.42. The molecule has 22 heavy (non-hydrogen) atoms. The van der Waals surface area contributed by atoms with Crippen molar-refractivity contribution >= 4 is 17.4 Å². The molecule has 2 atom stereocenters. The number of carbonyl (C=O) groups excluding carboxylic acids is 1. The molecule has 0 saturated carbocycles. The number of amides is 1. The summed E-state index contributed by atoms with van der Waals surface area (Å²) in [6.07, 6.45) is 6.19. The van der Waals surface area contributed by atoms with Crippen molar-refractivity contribution in [2.24, 2.45) is 5.92 Å². The Balaban J connectivity index is 1.48. The third kappa shape index (κ3) is 2.38. The van der Waals surface area contributed by atoms with Crippen molar-refractivity contribution in [3.8, 4) is 11.1 Å². The summed E-state index contributed by atoms with van der Waals surface area (Å²) in [4.78, 5) is 15.1. The number of fused-ring (bicyclic) bond motifs is 3. The van der Waals surface area contributed by atoms with Crippen molar-refractivity contribution in [1.29, 1.82) is 0 Å². The monoisotopic (exact) mass is 315 g/mol. The van der Waals surface area contributed by atoms with Crippen molar-refractivity contribution in [3.05, 3.63) is 35.3 Å². The van der Waals surface area contributed by atoms with E-state index in [0.29, 0.717) is 12.0 Å². The highest BCUT2D eigenvalue weighted by molar-refractivity contribution is 7.08. The van der Waals surface area contributed by atoms with Gasteiger partial charge in [-0.2, -0.15) is 11.3 Å². The first-order valence-corrected chi connectivity index (χ1v) is 8.92. The molecule has 2 aromatic rings. The van der Waals surface area contributed by atoms with Crippen LogP contribution in [0.15, 0.2) is 35.3 Å². The SMILES string of the molecule is C[C@H]1[C@H](NC(=O)n2ccc(-c3ccsc3)c2)C2CCN1CC2. The number of rotatable bonds is 2. The third-order valence-electron chi connectivity index (χ3n) is 5.25. The molecule has 5 heterocycles. The Morgan fingerprint density at radius 2 is 2.09 bits per heavy atom. The Morgan fingerprint density at radius 3 is 2.77 bits per heavy atom. The number of nitrogens with zero attached hydrogens (tertiary/aromatic N) is 2. The molecule has 3 aliphatic rings. The maximum absolute atomic E-state index is 12.6. The van der Waals surface area contributed by atoms with Crippen LogP contribution in [0.2, 0.25) is 0 Å². The second kappa shape index (κ2) is 5.56. The average molecular weight is 315 g/mol. The first kappa shape index (κ1) is 14.0. The van der Waals surface area contributed by atoms with Gasteiger partial charge in [0.05, 0.1) is 0 Å². The van der Waals surface area contributed by atoms with Crippen LogP contribution >= 0.6 is 11.3 Å². The molecule has 3 fully saturated rings. The van der Waals surface area contributed by atoms with Gasteiger partial charge >= 0.3 is 6.03 Å². The van der Waals surface area contributed by atoms with Crippen molar-refractivity contribution < 1.29 is 4.79 Å². The number of nitrogens with one attached hydrogen (secondary N) is 1. The van der Waals surface area contributed by atoms with E-state index in [2.05, 4.69) is 34.0 Å². The van der Waals surface area contributed by atoms with Gasteiger partial charge in [-0.25, -0.2) is 4.79 Å². The maximum atomic E-state index is 12.6. The van der Waals surface area contributed by atoms with Gasteiger partial charge in [0.2, 0.25) is 0 Å². The molecule has 5 heteroatoms. The Labute approximate surface area is 134 Å². The highest BCUT2D eigenvalue weighted by atomic mass is 32.1. The molecule has 2 bridgehead atoms. The van der Waals surface area contributed by atoms with Gasteiger partial charge in [-0.3, -0.25) is 9.47 Å². The molecule has 3 aliphatic heterocycles. The van der Waals surface area contributed by atoms with Crippen LogP contribution in [0, 0.1) is 5.92 Å². The largest absolute Gasteiger partial charge is 0.333 e. The summed E-state index contributed by atoms with van der Waals surface area (Å²) < 4.78 is 1.68. The quantitative estimate of drug-likeness (QED) is 0.923. The fourth-order valence-corrected chi connectivity index (χ4v) is 4.55. The summed E-state index contributed by atoms with van der Waals surface area (Å²) in [5.41, 5.74) is 2.27. The van der Waals surface area contributed by atoms with Crippen LogP contribution in [0.1, 0.15) is 19.8 Å². The zero-order chi connectivity index (χ0) is 15.1. The van der Waals surface area contributed by atoms with E-state index in [1.165, 1.54) is 31.5 Å². The van der Waals surface area contributed by atoms with E-state index in [9.17, 15) is 4.79 Å². The number of thiophene rings is 1. The normalized spacial score (nSPS) is 30.4. The van der Waals surface area contributed by atoms with Crippen molar-refractivity contribution in [2.75, 3.05) is 13.1 Å². The molecule has 0 aliphatic carbocycles. The second-order valence-corrected chi connectivity index (χ2v) is 7.19. The highest BCUT2D eigenvalue weighted by Crippen LogP contribution is 2.32. The minimum atomic E-state index is -0.00733. The van der Waals surface area contributed by atoms with Crippen molar-refractivity contribution in [3.63, 3.8) is 0 Å². The molecule has 0 radical (unpaired) electrons. The predicted octanol–water partition coefficient (Wildman–Crippen LogP) is 3.26. The van der Waals surface area contributed by atoms with Crippen LogP contribution in [0.3, 0.4) is 0 Å². The van der Waals surface area contributed by atoms with Crippen molar-refractivity contribution in [1.82, 2.24) is 14.8 Å². The lowest BCUT2D eigenvalue weighted by atomic mass is 9.79.